The lowest BCUT2D eigenvalue weighted by molar-refractivity contribution is 0.0948. The van der Waals surface area contributed by atoms with Gasteiger partial charge in [-0.2, -0.15) is 5.10 Å². The minimum Gasteiger partial charge on any atom is -0.389 e. The summed E-state index contributed by atoms with van der Waals surface area (Å²) in [6.07, 6.45) is 5.03. The second-order valence-corrected chi connectivity index (χ2v) is 5.12. The van der Waals surface area contributed by atoms with Crippen LogP contribution in [0.3, 0.4) is 0 Å². The number of aromatic amines is 1. The Morgan fingerprint density at radius 1 is 1.43 bits per heavy atom. The number of carbonyl (C=O) groups is 1. The van der Waals surface area contributed by atoms with Gasteiger partial charge in [0, 0.05) is 24.0 Å². The number of hydrogen-bond donors (Lipinski definition) is 3. The number of hydrogen-bond acceptors (Lipinski definition) is 4. The van der Waals surface area contributed by atoms with Gasteiger partial charge in [-0.15, -0.1) is 0 Å². The molecule has 21 heavy (non-hydrogen) atoms. The van der Waals surface area contributed by atoms with Gasteiger partial charge in [0.25, 0.3) is 5.91 Å². The smallest absolute Gasteiger partial charge is 0.269 e. The molecular formula is C14H17N5OS. The maximum atomic E-state index is 11.9. The molecule has 0 atom stereocenters. The Labute approximate surface area is 128 Å². The first-order valence-electron chi connectivity index (χ1n) is 6.61. The third-order valence-corrected chi connectivity index (χ3v) is 3.36. The molecule has 0 fully saturated rings. The molecule has 0 aliphatic heterocycles. The summed E-state index contributed by atoms with van der Waals surface area (Å²) in [7, 11) is 0. The number of H-pyrrole nitrogens is 1. The van der Waals surface area contributed by atoms with Crippen molar-refractivity contribution in [3.63, 3.8) is 0 Å². The summed E-state index contributed by atoms with van der Waals surface area (Å²) >= 11 is 4.84. The Bertz CT molecular complexity index is 635. The normalized spacial score (nSPS) is 10.3. The number of pyridine rings is 1. The standard InChI is InChI=1S/C14H17N5OS/c1-9-10(8-18-19-9)3-2-6-16-14(20)12-5-4-11(7-17-12)13(15)21/h4-5,7-8H,2-3,6H2,1H3,(H2,15,21)(H,16,20)(H,18,19). The van der Waals surface area contributed by atoms with Gasteiger partial charge in [0.2, 0.25) is 0 Å². The van der Waals surface area contributed by atoms with E-state index in [-0.39, 0.29) is 10.9 Å². The van der Waals surface area contributed by atoms with E-state index in [4.69, 9.17) is 18.0 Å². The molecule has 0 aromatic carbocycles. The molecule has 110 valence electrons. The van der Waals surface area contributed by atoms with Crippen LogP contribution < -0.4 is 11.1 Å². The van der Waals surface area contributed by atoms with Gasteiger partial charge in [-0.3, -0.25) is 14.9 Å². The second kappa shape index (κ2) is 6.94. The molecule has 0 unspecified atom stereocenters. The lowest BCUT2D eigenvalue weighted by Crippen LogP contribution is -2.26. The van der Waals surface area contributed by atoms with Gasteiger partial charge in [-0.25, -0.2) is 0 Å². The van der Waals surface area contributed by atoms with Gasteiger partial charge in [0.15, 0.2) is 0 Å². The Balaban J connectivity index is 1.79. The summed E-state index contributed by atoms with van der Waals surface area (Å²) in [6.45, 7) is 2.57. The Kier molecular flexibility index (Phi) is 4.99. The molecule has 0 saturated heterocycles. The zero-order valence-electron chi connectivity index (χ0n) is 11.7. The Hall–Kier alpha value is -2.28. The van der Waals surface area contributed by atoms with Crippen LogP contribution in [0, 0.1) is 6.92 Å². The molecule has 1 amide bonds. The molecule has 2 aromatic rings. The van der Waals surface area contributed by atoms with Crippen molar-refractivity contribution < 1.29 is 4.79 Å². The van der Waals surface area contributed by atoms with Crippen LogP contribution in [-0.4, -0.2) is 32.6 Å². The van der Waals surface area contributed by atoms with E-state index in [1.807, 2.05) is 13.1 Å². The fourth-order valence-electron chi connectivity index (χ4n) is 1.87. The summed E-state index contributed by atoms with van der Waals surface area (Å²) in [5, 5.41) is 9.69. The van der Waals surface area contributed by atoms with Crippen LogP contribution in [0.2, 0.25) is 0 Å². The van der Waals surface area contributed by atoms with Crippen LogP contribution in [0.5, 0.6) is 0 Å². The molecule has 7 heteroatoms. The van der Waals surface area contributed by atoms with E-state index in [9.17, 15) is 4.79 Å². The number of aromatic nitrogens is 3. The summed E-state index contributed by atoms with van der Waals surface area (Å²) < 4.78 is 0. The van der Waals surface area contributed by atoms with E-state index in [1.54, 1.807) is 12.1 Å². The summed E-state index contributed by atoms with van der Waals surface area (Å²) in [4.78, 5) is 16.2. The van der Waals surface area contributed by atoms with E-state index in [0.717, 1.165) is 18.5 Å². The summed E-state index contributed by atoms with van der Waals surface area (Å²) in [5.74, 6) is -0.201. The predicted molar refractivity (Wildman–Crippen MR) is 84.1 cm³/mol. The number of carbonyl (C=O) groups excluding carboxylic acids is 1. The van der Waals surface area contributed by atoms with Crippen LogP contribution in [-0.2, 0) is 6.42 Å². The van der Waals surface area contributed by atoms with Crippen molar-refractivity contribution in [3.8, 4) is 0 Å². The SMILES string of the molecule is Cc1[nH]ncc1CCCNC(=O)c1ccc(C(N)=S)cn1. The molecular weight excluding hydrogens is 286 g/mol. The second-order valence-electron chi connectivity index (χ2n) is 4.68. The fraction of sp³-hybridized carbons (Fsp3) is 0.286. The molecule has 0 aliphatic carbocycles. The molecule has 0 bridgehead atoms. The maximum Gasteiger partial charge on any atom is 0.269 e. The van der Waals surface area contributed by atoms with E-state index in [2.05, 4.69) is 20.5 Å². The zero-order chi connectivity index (χ0) is 15.2. The highest BCUT2D eigenvalue weighted by Crippen LogP contribution is 2.05. The predicted octanol–water partition coefficient (Wildman–Crippen LogP) is 1.11. The number of nitrogens with one attached hydrogen (secondary N) is 2. The van der Waals surface area contributed by atoms with Gasteiger partial charge in [-0.05, 0) is 37.5 Å². The highest BCUT2D eigenvalue weighted by Gasteiger charge is 2.07. The van der Waals surface area contributed by atoms with E-state index in [0.29, 0.717) is 17.8 Å². The van der Waals surface area contributed by atoms with Crippen molar-refractivity contribution in [2.24, 2.45) is 5.73 Å². The first kappa shape index (κ1) is 15.1. The monoisotopic (exact) mass is 303 g/mol. The fourth-order valence-corrected chi connectivity index (χ4v) is 1.99. The number of thiocarbonyl (C=S) groups is 1. The molecule has 6 nitrogen and oxygen atoms in total. The molecule has 0 spiro atoms. The molecule has 4 N–H and O–H groups in total. The Morgan fingerprint density at radius 2 is 2.24 bits per heavy atom. The minimum absolute atomic E-state index is 0.201. The molecule has 2 heterocycles. The Morgan fingerprint density at radius 3 is 2.81 bits per heavy atom. The lowest BCUT2D eigenvalue weighted by atomic mass is 10.1. The number of nitrogens with zero attached hydrogens (tertiary/aromatic N) is 2. The average molecular weight is 303 g/mol. The number of aryl methyl sites for hydroxylation is 2. The van der Waals surface area contributed by atoms with Crippen molar-refractivity contribution in [1.29, 1.82) is 0 Å². The van der Waals surface area contributed by atoms with Crippen LogP contribution in [0.25, 0.3) is 0 Å². The van der Waals surface area contributed by atoms with Crippen molar-refractivity contribution in [2.45, 2.75) is 19.8 Å². The zero-order valence-corrected chi connectivity index (χ0v) is 12.5. The molecule has 0 aliphatic rings. The molecule has 0 radical (unpaired) electrons. The van der Waals surface area contributed by atoms with E-state index >= 15 is 0 Å². The highest BCUT2D eigenvalue weighted by atomic mass is 32.1. The van der Waals surface area contributed by atoms with E-state index < -0.39 is 0 Å². The molecule has 2 aromatic heterocycles. The molecule has 0 saturated carbocycles. The lowest BCUT2D eigenvalue weighted by Gasteiger charge is -2.05. The van der Waals surface area contributed by atoms with Crippen molar-refractivity contribution in [3.05, 3.63) is 47.0 Å². The third kappa shape index (κ3) is 4.09. The maximum absolute atomic E-state index is 11.9. The summed E-state index contributed by atoms with van der Waals surface area (Å²) in [5.41, 5.74) is 8.72. The highest BCUT2D eigenvalue weighted by molar-refractivity contribution is 7.80. The topological polar surface area (TPSA) is 96.7 Å². The average Bonchev–Trinajstić information content (AvgIpc) is 2.89. The van der Waals surface area contributed by atoms with Crippen LogP contribution >= 0.6 is 12.2 Å². The van der Waals surface area contributed by atoms with Gasteiger partial charge in [-0.1, -0.05) is 12.2 Å². The van der Waals surface area contributed by atoms with Crippen LogP contribution in [0.1, 0.15) is 33.7 Å². The largest absolute Gasteiger partial charge is 0.389 e. The van der Waals surface area contributed by atoms with Crippen LogP contribution in [0.4, 0.5) is 0 Å². The van der Waals surface area contributed by atoms with Gasteiger partial charge < -0.3 is 11.1 Å². The first-order valence-corrected chi connectivity index (χ1v) is 7.01. The third-order valence-electron chi connectivity index (χ3n) is 3.12. The minimum atomic E-state index is -0.201. The quantitative estimate of drug-likeness (QED) is 0.549. The number of rotatable bonds is 6. The van der Waals surface area contributed by atoms with Gasteiger partial charge in [0.05, 0.1) is 6.20 Å². The van der Waals surface area contributed by atoms with E-state index in [1.165, 1.54) is 11.8 Å². The van der Waals surface area contributed by atoms with Crippen molar-refractivity contribution >= 4 is 23.1 Å². The van der Waals surface area contributed by atoms with Crippen LogP contribution in [0.15, 0.2) is 24.5 Å². The number of nitrogens with two attached hydrogens (primary N) is 1. The molecule has 2 rings (SSSR count). The van der Waals surface area contributed by atoms with Gasteiger partial charge >= 0.3 is 0 Å². The van der Waals surface area contributed by atoms with Crippen molar-refractivity contribution in [2.75, 3.05) is 6.54 Å². The van der Waals surface area contributed by atoms with Gasteiger partial charge in [0.1, 0.15) is 10.7 Å². The van der Waals surface area contributed by atoms with Crippen molar-refractivity contribution in [1.82, 2.24) is 20.5 Å². The first-order chi connectivity index (χ1) is 10.1. The summed E-state index contributed by atoms with van der Waals surface area (Å²) in [6, 6.07) is 3.31. The number of amides is 1.